The van der Waals surface area contributed by atoms with Crippen molar-refractivity contribution in [3.8, 4) is 0 Å². The number of amides is 1. The fraction of sp³-hybridized carbons (Fsp3) is 0.286. The highest BCUT2D eigenvalue weighted by molar-refractivity contribution is 6.10. The summed E-state index contributed by atoms with van der Waals surface area (Å²) in [6.45, 7) is 6.45. The average molecular weight is 412 g/mol. The molecule has 3 aromatic rings. The van der Waals surface area contributed by atoms with Crippen molar-refractivity contribution in [3.63, 3.8) is 0 Å². The Kier molecular flexibility index (Phi) is 5.77. The minimum absolute atomic E-state index is 0.0441. The van der Waals surface area contributed by atoms with E-state index >= 15 is 0 Å². The zero-order chi connectivity index (χ0) is 22.0. The minimum Gasteiger partial charge on any atom is -0.322 e. The van der Waals surface area contributed by atoms with Crippen LogP contribution in [0.2, 0.25) is 0 Å². The predicted octanol–water partition coefficient (Wildman–Crippen LogP) is 6.35. The van der Waals surface area contributed by atoms with Gasteiger partial charge in [-0.25, -0.2) is 0 Å². The van der Waals surface area contributed by atoms with Crippen LogP contribution in [0.4, 0.5) is 5.69 Å². The standard InChI is InChI=1S/C28H29NO2/c1-28(2,3)24-15-13-20(14-16-24)26(30)22-9-6-10-25(18-22)29-27(31)23-12-11-19-7-4-5-8-21(19)17-23/h6,9-18H,4-5,7-8H2,1-3H3,(H,29,31). The highest BCUT2D eigenvalue weighted by Gasteiger charge is 2.16. The monoisotopic (exact) mass is 411 g/mol. The summed E-state index contributed by atoms with van der Waals surface area (Å²) < 4.78 is 0. The molecule has 0 bridgehead atoms. The van der Waals surface area contributed by atoms with E-state index in [0.29, 0.717) is 22.4 Å². The van der Waals surface area contributed by atoms with Gasteiger partial charge in [0, 0.05) is 22.4 Å². The van der Waals surface area contributed by atoms with Gasteiger partial charge in [-0.1, -0.05) is 63.2 Å². The van der Waals surface area contributed by atoms with Gasteiger partial charge in [-0.15, -0.1) is 0 Å². The van der Waals surface area contributed by atoms with Crippen LogP contribution in [0.5, 0.6) is 0 Å². The van der Waals surface area contributed by atoms with Gasteiger partial charge in [0.15, 0.2) is 5.78 Å². The topological polar surface area (TPSA) is 46.2 Å². The van der Waals surface area contributed by atoms with Crippen LogP contribution in [0.1, 0.15) is 76.6 Å². The van der Waals surface area contributed by atoms with Crippen molar-refractivity contribution >= 4 is 17.4 Å². The fourth-order valence-electron chi connectivity index (χ4n) is 4.10. The molecule has 0 aliphatic heterocycles. The summed E-state index contributed by atoms with van der Waals surface area (Å²) in [7, 11) is 0. The second kappa shape index (κ2) is 8.50. The van der Waals surface area contributed by atoms with E-state index in [2.05, 4.69) is 32.2 Å². The molecule has 0 radical (unpaired) electrons. The molecule has 0 atom stereocenters. The number of rotatable bonds is 4. The second-order valence-corrected chi connectivity index (χ2v) is 9.38. The van der Waals surface area contributed by atoms with Crippen LogP contribution < -0.4 is 5.32 Å². The molecule has 31 heavy (non-hydrogen) atoms. The van der Waals surface area contributed by atoms with Crippen LogP contribution in [0.3, 0.4) is 0 Å². The first-order chi connectivity index (χ1) is 14.8. The Balaban J connectivity index is 1.50. The highest BCUT2D eigenvalue weighted by Crippen LogP contribution is 2.25. The zero-order valence-electron chi connectivity index (χ0n) is 18.5. The van der Waals surface area contributed by atoms with Crippen LogP contribution in [0.15, 0.2) is 66.7 Å². The Morgan fingerprint density at radius 1 is 0.742 bits per heavy atom. The molecule has 1 aliphatic rings. The molecule has 1 amide bonds. The first-order valence-corrected chi connectivity index (χ1v) is 11.0. The lowest BCUT2D eigenvalue weighted by atomic mass is 9.86. The Hall–Kier alpha value is -3.20. The Bertz CT molecular complexity index is 1120. The average Bonchev–Trinajstić information content (AvgIpc) is 2.78. The molecule has 0 unspecified atom stereocenters. The molecule has 4 rings (SSSR count). The van der Waals surface area contributed by atoms with Crippen molar-refractivity contribution in [1.82, 2.24) is 0 Å². The summed E-state index contributed by atoms with van der Waals surface area (Å²) in [6.07, 6.45) is 4.53. The maximum Gasteiger partial charge on any atom is 0.255 e. The van der Waals surface area contributed by atoms with Crippen molar-refractivity contribution in [1.29, 1.82) is 0 Å². The van der Waals surface area contributed by atoms with Gasteiger partial charge in [0.25, 0.3) is 5.91 Å². The molecule has 3 nitrogen and oxygen atoms in total. The molecule has 1 aliphatic carbocycles. The lowest BCUT2D eigenvalue weighted by molar-refractivity contribution is 0.102. The largest absolute Gasteiger partial charge is 0.322 e. The summed E-state index contributed by atoms with van der Waals surface area (Å²) in [5.74, 6) is -0.196. The number of carbonyl (C=O) groups excluding carboxylic acids is 2. The van der Waals surface area contributed by atoms with Crippen LogP contribution in [-0.2, 0) is 18.3 Å². The number of carbonyl (C=O) groups is 2. The van der Waals surface area contributed by atoms with E-state index in [1.54, 1.807) is 18.2 Å². The molecule has 3 aromatic carbocycles. The molecule has 1 N–H and O–H groups in total. The first-order valence-electron chi connectivity index (χ1n) is 11.0. The lowest BCUT2D eigenvalue weighted by Crippen LogP contribution is -2.14. The van der Waals surface area contributed by atoms with Crippen LogP contribution in [0.25, 0.3) is 0 Å². The number of benzene rings is 3. The van der Waals surface area contributed by atoms with Crippen molar-refractivity contribution in [3.05, 3.63) is 100 Å². The van der Waals surface area contributed by atoms with E-state index in [1.165, 1.54) is 29.5 Å². The Morgan fingerprint density at radius 2 is 1.42 bits per heavy atom. The lowest BCUT2D eigenvalue weighted by Gasteiger charge is -2.19. The van der Waals surface area contributed by atoms with Crippen molar-refractivity contribution in [2.75, 3.05) is 5.32 Å². The van der Waals surface area contributed by atoms with Gasteiger partial charge in [-0.3, -0.25) is 9.59 Å². The quantitative estimate of drug-likeness (QED) is 0.509. The van der Waals surface area contributed by atoms with Crippen molar-refractivity contribution < 1.29 is 9.59 Å². The number of fused-ring (bicyclic) bond motifs is 1. The molecule has 0 saturated carbocycles. The molecule has 0 fully saturated rings. The number of anilines is 1. The third-order valence-electron chi connectivity index (χ3n) is 6.01. The molecule has 158 valence electrons. The van der Waals surface area contributed by atoms with E-state index in [9.17, 15) is 9.59 Å². The summed E-state index contributed by atoms with van der Waals surface area (Å²) in [5.41, 5.74) is 6.36. The van der Waals surface area contributed by atoms with Gasteiger partial charge in [0.05, 0.1) is 0 Å². The van der Waals surface area contributed by atoms with Crippen molar-refractivity contribution in [2.24, 2.45) is 0 Å². The van der Waals surface area contributed by atoms with E-state index in [1.807, 2.05) is 42.5 Å². The maximum absolute atomic E-state index is 13.0. The van der Waals surface area contributed by atoms with Gasteiger partial charge in [0.2, 0.25) is 0 Å². The van der Waals surface area contributed by atoms with Crippen LogP contribution >= 0.6 is 0 Å². The second-order valence-electron chi connectivity index (χ2n) is 9.38. The zero-order valence-corrected chi connectivity index (χ0v) is 18.5. The molecular weight excluding hydrogens is 382 g/mol. The predicted molar refractivity (Wildman–Crippen MR) is 126 cm³/mol. The summed E-state index contributed by atoms with van der Waals surface area (Å²) in [4.78, 5) is 25.7. The third kappa shape index (κ3) is 4.77. The SMILES string of the molecule is CC(C)(C)c1ccc(C(=O)c2cccc(NC(=O)c3ccc4c(c3)CCCC4)c2)cc1. The summed E-state index contributed by atoms with van der Waals surface area (Å²) in [5, 5.41) is 2.95. The van der Waals surface area contributed by atoms with E-state index in [-0.39, 0.29) is 17.1 Å². The van der Waals surface area contributed by atoms with E-state index < -0.39 is 0 Å². The van der Waals surface area contributed by atoms with Gasteiger partial charge in [0.1, 0.15) is 0 Å². The number of ketones is 1. The van der Waals surface area contributed by atoms with Crippen LogP contribution in [0, 0.1) is 0 Å². The molecule has 0 aromatic heterocycles. The fourth-order valence-corrected chi connectivity index (χ4v) is 4.10. The third-order valence-corrected chi connectivity index (χ3v) is 6.01. The molecule has 3 heteroatoms. The molecule has 0 spiro atoms. The summed E-state index contributed by atoms with van der Waals surface area (Å²) in [6, 6.07) is 20.9. The number of hydrogen-bond acceptors (Lipinski definition) is 2. The Morgan fingerprint density at radius 3 is 2.13 bits per heavy atom. The first kappa shape index (κ1) is 21.0. The van der Waals surface area contributed by atoms with Crippen LogP contribution in [-0.4, -0.2) is 11.7 Å². The normalized spacial score (nSPS) is 13.4. The van der Waals surface area contributed by atoms with Gasteiger partial charge in [-0.2, -0.15) is 0 Å². The van der Waals surface area contributed by atoms with Gasteiger partial charge in [-0.05, 0) is 72.1 Å². The number of aryl methyl sites for hydroxylation is 2. The van der Waals surface area contributed by atoms with Crippen molar-refractivity contribution in [2.45, 2.75) is 51.9 Å². The smallest absolute Gasteiger partial charge is 0.255 e. The van der Waals surface area contributed by atoms with Gasteiger partial charge < -0.3 is 5.32 Å². The molecular formula is C28H29NO2. The van der Waals surface area contributed by atoms with E-state index in [0.717, 1.165) is 12.8 Å². The number of hydrogen-bond donors (Lipinski definition) is 1. The maximum atomic E-state index is 13.0. The highest BCUT2D eigenvalue weighted by atomic mass is 16.1. The Labute approximate surface area is 184 Å². The minimum atomic E-state index is -0.146. The van der Waals surface area contributed by atoms with E-state index in [4.69, 9.17) is 0 Å². The van der Waals surface area contributed by atoms with Gasteiger partial charge >= 0.3 is 0 Å². The summed E-state index contributed by atoms with van der Waals surface area (Å²) >= 11 is 0. The molecule has 0 saturated heterocycles. The number of nitrogens with one attached hydrogen (secondary N) is 1. The molecule has 0 heterocycles.